The molecule has 3 heteroatoms. The van der Waals surface area contributed by atoms with Gasteiger partial charge < -0.3 is 5.11 Å². The van der Waals surface area contributed by atoms with E-state index in [-0.39, 0.29) is 17.1 Å². The molecule has 0 aromatic rings. The van der Waals surface area contributed by atoms with Gasteiger partial charge in [-0.2, -0.15) is 0 Å². The summed E-state index contributed by atoms with van der Waals surface area (Å²) in [5, 5.41) is 8.44. The van der Waals surface area contributed by atoms with Crippen molar-refractivity contribution >= 4 is 5.97 Å². The molecule has 0 bridgehead atoms. The summed E-state index contributed by atoms with van der Waals surface area (Å²) >= 11 is 0. The molecule has 1 saturated carbocycles. The zero-order valence-electron chi connectivity index (χ0n) is 8.04. The predicted molar refractivity (Wildman–Crippen MR) is 50.9 cm³/mol. The molecule has 0 aromatic carbocycles. The van der Waals surface area contributed by atoms with Crippen LogP contribution in [0, 0.1) is 5.92 Å². The van der Waals surface area contributed by atoms with Crippen LogP contribution in [0.1, 0.15) is 51.4 Å². The van der Waals surface area contributed by atoms with Crippen molar-refractivity contribution < 1.29 is 27.0 Å². The van der Waals surface area contributed by atoms with Gasteiger partial charge in [0.25, 0.3) is 0 Å². The summed E-state index contributed by atoms with van der Waals surface area (Å²) in [6.45, 7) is 0. The molecule has 0 saturated heterocycles. The number of aliphatic carboxylic acids is 1. The van der Waals surface area contributed by atoms with Crippen molar-refractivity contribution in [2.75, 3.05) is 0 Å². The topological polar surface area (TPSA) is 37.3 Å². The van der Waals surface area contributed by atoms with E-state index >= 15 is 0 Å². The summed E-state index contributed by atoms with van der Waals surface area (Å²) in [6.07, 6.45) is 9.13. The zero-order chi connectivity index (χ0) is 8.81. The van der Waals surface area contributed by atoms with Gasteiger partial charge in [0.1, 0.15) is 0 Å². The molecule has 1 radical (unpaired) electrons. The number of hydrogen-bond acceptors (Lipinski definition) is 1. The van der Waals surface area contributed by atoms with E-state index in [1.807, 2.05) is 0 Å². The van der Waals surface area contributed by atoms with E-state index in [4.69, 9.17) is 5.11 Å². The molecule has 79 valence electrons. The van der Waals surface area contributed by atoms with Gasteiger partial charge in [0.15, 0.2) is 0 Å². The maximum atomic E-state index is 10.2. The minimum atomic E-state index is -0.647. The predicted octanol–water partition coefficient (Wildman–Crippen LogP) is 2.28. The second-order valence-corrected chi connectivity index (χ2v) is 3.79. The number of carbonyl (C=O) groups is 1. The van der Waals surface area contributed by atoms with Crippen LogP contribution in [0.5, 0.6) is 0 Å². The molecule has 0 amide bonds. The average molecular weight is 227 g/mol. The number of rotatable bonds is 4. The molecule has 1 N–H and O–H groups in total. The van der Waals surface area contributed by atoms with Gasteiger partial charge in [0, 0.05) is 6.42 Å². The van der Waals surface area contributed by atoms with Crippen molar-refractivity contribution in [2.45, 2.75) is 51.4 Å². The fourth-order valence-corrected chi connectivity index (χ4v) is 2.02. The van der Waals surface area contributed by atoms with Crippen LogP contribution in [-0.2, 0) is 21.9 Å². The molecule has 1 rings (SSSR count). The van der Waals surface area contributed by atoms with E-state index in [1.165, 1.54) is 32.1 Å². The first kappa shape index (κ1) is 13.0. The molecule has 1 aliphatic carbocycles. The van der Waals surface area contributed by atoms with Crippen LogP contribution in [0.4, 0.5) is 0 Å². The van der Waals surface area contributed by atoms with Crippen molar-refractivity contribution in [3.05, 3.63) is 0 Å². The molecule has 0 aromatic heterocycles. The Hall–Kier alpha value is -0.0105. The summed E-state index contributed by atoms with van der Waals surface area (Å²) in [5.74, 6) is 0.184. The summed E-state index contributed by atoms with van der Waals surface area (Å²) in [6, 6.07) is 0. The van der Waals surface area contributed by atoms with Gasteiger partial charge in [-0.3, -0.25) is 4.79 Å². The standard InChI is InChI=1S/C10H18O2.Mn.2H/c11-10(12)8-4-7-9-5-2-1-3-6-9;;;/h9H,1-8H2,(H,11,12);;;. The quantitative estimate of drug-likeness (QED) is 0.748. The fraction of sp³-hybridized carbons (Fsp3) is 0.900. The Morgan fingerprint density at radius 1 is 1.23 bits per heavy atom. The minimum absolute atomic E-state index is 0. The van der Waals surface area contributed by atoms with Crippen molar-refractivity contribution in [1.82, 2.24) is 0 Å². The van der Waals surface area contributed by atoms with Gasteiger partial charge in [-0.25, -0.2) is 0 Å². The first-order valence-electron chi connectivity index (χ1n) is 5.01. The summed E-state index contributed by atoms with van der Waals surface area (Å²) in [5.41, 5.74) is 0. The molecular formula is C10H20MnO2. The number of hydrogen-bond donors (Lipinski definition) is 1. The summed E-state index contributed by atoms with van der Waals surface area (Å²) in [7, 11) is 0. The van der Waals surface area contributed by atoms with Crippen molar-refractivity contribution in [2.24, 2.45) is 5.92 Å². The van der Waals surface area contributed by atoms with Crippen LogP contribution in [-0.4, -0.2) is 11.1 Å². The Morgan fingerprint density at radius 3 is 2.38 bits per heavy atom. The summed E-state index contributed by atoms with van der Waals surface area (Å²) in [4.78, 5) is 10.2. The normalized spacial score (nSPS) is 17.8. The van der Waals surface area contributed by atoms with Gasteiger partial charge in [-0.1, -0.05) is 32.1 Å². The van der Waals surface area contributed by atoms with Crippen LogP contribution in [0.15, 0.2) is 0 Å². The van der Waals surface area contributed by atoms with Crippen LogP contribution >= 0.6 is 0 Å². The summed E-state index contributed by atoms with van der Waals surface area (Å²) < 4.78 is 0. The average Bonchev–Trinajstić information content (AvgIpc) is 2.05. The van der Waals surface area contributed by atoms with Crippen LogP contribution in [0.2, 0.25) is 0 Å². The van der Waals surface area contributed by atoms with Crippen molar-refractivity contribution in [1.29, 1.82) is 0 Å². The zero-order valence-corrected chi connectivity index (χ0v) is 9.43. The van der Waals surface area contributed by atoms with Gasteiger partial charge in [-0.05, 0) is 18.8 Å². The molecule has 0 heterocycles. The third-order valence-corrected chi connectivity index (χ3v) is 2.73. The van der Waals surface area contributed by atoms with E-state index in [0.717, 1.165) is 18.8 Å². The van der Waals surface area contributed by atoms with Crippen LogP contribution in [0.25, 0.3) is 0 Å². The van der Waals surface area contributed by atoms with Crippen molar-refractivity contribution in [3.8, 4) is 0 Å². The van der Waals surface area contributed by atoms with E-state index < -0.39 is 5.97 Å². The maximum absolute atomic E-state index is 10.2. The fourth-order valence-electron chi connectivity index (χ4n) is 2.02. The van der Waals surface area contributed by atoms with E-state index in [2.05, 4.69) is 0 Å². The second-order valence-electron chi connectivity index (χ2n) is 3.79. The molecule has 0 aliphatic heterocycles. The third kappa shape index (κ3) is 6.11. The van der Waals surface area contributed by atoms with Gasteiger partial charge in [0.05, 0.1) is 0 Å². The molecule has 0 atom stereocenters. The van der Waals surface area contributed by atoms with E-state index in [1.54, 1.807) is 0 Å². The first-order valence-corrected chi connectivity index (χ1v) is 5.01. The monoisotopic (exact) mass is 227 g/mol. The van der Waals surface area contributed by atoms with Gasteiger partial charge >= 0.3 is 23.0 Å². The second kappa shape index (κ2) is 7.40. The molecule has 0 spiro atoms. The molecular weight excluding hydrogens is 207 g/mol. The Bertz CT molecular complexity index is 142. The van der Waals surface area contributed by atoms with E-state index in [0.29, 0.717) is 6.42 Å². The molecule has 1 aliphatic rings. The number of carboxylic acid groups (broad SMARTS) is 1. The third-order valence-electron chi connectivity index (χ3n) is 2.73. The van der Waals surface area contributed by atoms with Gasteiger partial charge in [-0.15, -0.1) is 0 Å². The molecule has 1 fully saturated rings. The Morgan fingerprint density at radius 2 is 1.85 bits per heavy atom. The molecule has 0 unspecified atom stereocenters. The van der Waals surface area contributed by atoms with Crippen LogP contribution < -0.4 is 0 Å². The SMILES string of the molecule is O=C(O)CCCC1CCCCC1.[MnH2]. The number of carboxylic acids is 1. The first-order chi connectivity index (χ1) is 5.79. The Balaban J connectivity index is 0.00000144. The van der Waals surface area contributed by atoms with E-state index in [9.17, 15) is 4.79 Å². The molecule has 13 heavy (non-hydrogen) atoms. The van der Waals surface area contributed by atoms with Gasteiger partial charge in [0.2, 0.25) is 0 Å². The molecule has 2 nitrogen and oxygen atoms in total. The van der Waals surface area contributed by atoms with Crippen LogP contribution in [0.3, 0.4) is 0 Å². The Kier molecular flexibility index (Phi) is 7.39. The Labute approximate surface area is 90.6 Å². The van der Waals surface area contributed by atoms with Crippen molar-refractivity contribution in [3.63, 3.8) is 0 Å².